The van der Waals surface area contributed by atoms with Crippen LogP contribution in [0.4, 0.5) is 5.69 Å². The summed E-state index contributed by atoms with van der Waals surface area (Å²) >= 11 is 0. The zero-order chi connectivity index (χ0) is 13.2. The lowest BCUT2D eigenvalue weighted by molar-refractivity contribution is 0.251. The molecule has 1 aromatic carbocycles. The van der Waals surface area contributed by atoms with Crippen molar-refractivity contribution in [1.82, 2.24) is 4.90 Å². The second-order valence-electron chi connectivity index (χ2n) is 6.11. The van der Waals surface area contributed by atoms with Gasteiger partial charge in [0.1, 0.15) is 0 Å². The van der Waals surface area contributed by atoms with Gasteiger partial charge in [-0.2, -0.15) is 0 Å². The monoisotopic (exact) mass is 259 g/mol. The standard InChI is InChI=1S/C16H25N3/c1-13-3-2-4-15(9-13)19-8-6-16(12-19)18-7-5-14(10-17)11-18/h2-4,9,14,16H,5-8,10-12,17H2,1H3. The summed E-state index contributed by atoms with van der Waals surface area (Å²) in [5, 5.41) is 0. The summed E-state index contributed by atoms with van der Waals surface area (Å²) in [5.74, 6) is 0.730. The number of nitrogens with zero attached hydrogens (tertiary/aromatic N) is 2. The van der Waals surface area contributed by atoms with Gasteiger partial charge in [0, 0.05) is 31.4 Å². The van der Waals surface area contributed by atoms with Crippen molar-refractivity contribution in [2.45, 2.75) is 25.8 Å². The molecule has 0 saturated carbocycles. The van der Waals surface area contributed by atoms with Crippen molar-refractivity contribution in [1.29, 1.82) is 0 Å². The minimum atomic E-state index is 0.730. The first-order valence-corrected chi connectivity index (χ1v) is 7.52. The second-order valence-corrected chi connectivity index (χ2v) is 6.11. The number of anilines is 1. The van der Waals surface area contributed by atoms with Gasteiger partial charge < -0.3 is 10.6 Å². The third-order valence-electron chi connectivity index (χ3n) is 4.70. The van der Waals surface area contributed by atoms with Crippen LogP contribution in [0.2, 0.25) is 0 Å². The Balaban J connectivity index is 1.61. The van der Waals surface area contributed by atoms with Crippen LogP contribution in [0.25, 0.3) is 0 Å². The first-order valence-electron chi connectivity index (χ1n) is 7.52. The second kappa shape index (κ2) is 5.51. The fourth-order valence-electron chi connectivity index (χ4n) is 3.49. The highest BCUT2D eigenvalue weighted by molar-refractivity contribution is 5.49. The van der Waals surface area contributed by atoms with Gasteiger partial charge >= 0.3 is 0 Å². The lowest BCUT2D eigenvalue weighted by atomic mass is 10.1. The van der Waals surface area contributed by atoms with Crippen LogP contribution in [-0.4, -0.2) is 43.7 Å². The molecule has 2 saturated heterocycles. The largest absolute Gasteiger partial charge is 0.370 e. The number of likely N-dealkylation sites (tertiary alicyclic amines) is 1. The van der Waals surface area contributed by atoms with Crippen LogP contribution >= 0.6 is 0 Å². The Morgan fingerprint density at radius 1 is 1.21 bits per heavy atom. The number of hydrogen-bond donors (Lipinski definition) is 1. The van der Waals surface area contributed by atoms with E-state index in [1.54, 1.807) is 0 Å². The zero-order valence-corrected chi connectivity index (χ0v) is 11.9. The molecule has 2 atom stereocenters. The topological polar surface area (TPSA) is 32.5 Å². The quantitative estimate of drug-likeness (QED) is 0.899. The van der Waals surface area contributed by atoms with E-state index >= 15 is 0 Å². The SMILES string of the molecule is Cc1cccc(N2CCC(N3CCC(CN)C3)C2)c1. The normalized spacial score (nSPS) is 28.2. The summed E-state index contributed by atoms with van der Waals surface area (Å²) in [6.07, 6.45) is 2.59. The Hall–Kier alpha value is -1.06. The highest BCUT2D eigenvalue weighted by atomic mass is 15.3. The summed E-state index contributed by atoms with van der Waals surface area (Å²) in [6, 6.07) is 9.61. The molecule has 2 aliphatic rings. The summed E-state index contributed by atoms with van der Waals surface area (Å²) < 4.78 is 0. The van der Waals surface area contributed by atoms with Crippen LogP contribution in [0, 0.1) is 12.8 Å². The Labute approximate surface area is 116 Å². The smallest absolute Gasteiger partial charge is 0.0369 e. The van der Waals surface area contributed by atoms with Gasteiger partial charge in [0.2, 0.25) is 0 Å². The maximum atomic E-state index is 5.79. The minimum absolute atomic E-state index is 0.730. The van der Waals surface area contributed by atoms with E-state index in [1.807, 2.05) is 0 Å². The Morgan fingerprint density at radius 3 is 2.84 bits per heavy atom. The average Bonchev–Trinajstić information content (AvgIpc) is 3.07. The summed E-state index contributed by atoms with van der Waals surface area (Å²) in [5.41, 5.74) is 8.53. The van der Waals surface area contributed by atoms with Gasteiger partial charge in [-0.3, -0.25) is 4.90 Å². The van der Waals surface area contributed by atoms with E-state index in [4.69, 9.17) is 5.73 Å². The van der Waals surface area contributed by atoms with Crippen molar-refractivity contribution < 1.29 is 0 Å². The fourth-order valence-corrected chi connectivity index (χ4v) is 3.49. The van der Waals surface area contributed by atoms with Crippen molar-refractivity contribution in [2.75, 3.05) is 37.6 Å². The molecule has 2 aliphatic heterocycles. The van der Waals surface area contributed by atoms with E-state index < -0.39 is 0 Å². The van der Waals surface area contributed by atoms with Gasteiger partial charge in [0.05, 0.1) is 0 Å². The van der Waals surface area contributed by atoms with Crippen molar-refractivity contribution >= 4 is 5.69 Å². The van der Waals surface area contributed by atoms with Crippen LogP contribution in [-0.2, 0) is 0 Å². The molecule has 2 heterocycles. The molecular formula is C16H25N3. The molecule has 0 aromatic heterocycles. The summed E-state index contributed by atoms with van der Waals surface area (Å²) in [4.78, 5) is 5.20. The predicted octanol–water partition coefficient (Wildman–Crippen LogP) is 1.85. The highest BCUT2D eigenvalue weighted by Crippen LogP contribution is 2.27. The first-order chi connectivity index (χ1) is 9.26. The lowest BCUT2D eigenvalue weighted by Crippen LogP contribution is -2.36. The minimum Gasteiger partial charge on any atom is -0.370 e. The van der Waals surface area contributed by atoms with Crippen molar-refractivity contribution in [3.05, 3.63) is 29.8 Å². The molecule has 2 unspecified atom stereocenters. The molecule has 0 amide bonds. The Kier molecular flexibility index (Phi) is 3.76. The summed E-state index contributed by atoms with van der Waals surface area (Å²) in [7, 11) is 0. The molecule has 1 aromatic rings. The van der Waals surface area contributed by atoms with Crippen molar-refractivity contribution in [3.63, 3.8) is 0 Å². The van der Waals surface area contributed by atoms with Crippen LogP contribution in [0.15, 0.2) is 24.3 Å². The third kappa shape index (κ3) is 2.77. The average molecular weight is 259 g/mol. The van der Waals surface area contributed by atoms with E-state index in [0.717, 1.165) is 18.5 Å². The molecule has 3 nitrogen and oxygen atoms in total. The first kappa shape index (κ1) is 12.9. The number of rotatable bonds is 3. The van der Waals surface area contributed by atoms with E-state index in [0.29, 0.717) is 0 Å². The zero-order valence-electron chi connectivity index (χ0n) is 11.9. The molecule has 104 valence electrons. The van der Waals surface area contributed by atoms with Crippen LogP contribution in [0.3, 0.4) is 0 Å². The number of aryl methyl sites for hydroxylation is 1. The van der Waals surface area contributed by atoms with Gasteiger partial charge in [-0.25, -0.2) is 0 Å². The Bertz CT molecular complexity index is 432. The lowest BCUT2D eigenvalue weighted by Gasteiger charge is -2.25. The molecule has 3 rings (SSSR count). The molecule has 2 fully saturated rings. The van der Waals surface area contributed by atoms with E-state index in [-0.39, 0.29) is 0 Å². The van der Waals surface area contributed by atoms with Crippen molar-refractivity contribution in [3.8, 4) is 0 Å². The van der Waals surface area contributed by atoms with E-state index in [2.05, 4.69) is 41.0 Å². The molecule has 3 heteroatoms. The number of nitrogens with two attached hydrogens (primary N) is 1. The molecular weight excluding hydrogens is 234 g/mol. The van der Waals surface area contributed by atoms with E-state index in [1.165, 1.54) is 50.3 Å². The summed E-state index contributed by atoms with van der Waals surface area (Å²) in [6.45, 7) is 7.85. The molecule has 19 heavy (non-hydrogen) atoms. The van der Waals surface area contributed by atoms with Gasteiger partial charge in [0.25, 0.3) is 0 Å². The van der Waals surface area contributed by atoms with Gasteiger partial charge in [-0.05, 0) is 56.5 Å². The Morgan fingerprint density at radius 2 is 2.11 bits per heavy atom. The fraction of sp³-hybridized carbons (Fsp3) is 0.625. The van der Waals surface area contributed by atoms with E-state index in [9.17, 15) is 0 Å². The van der Waals surface area contributed by atoms with Crippen LogP contribution in [0.1, 0.15) is 18.4 Å². The maximum absolute atomic E-state index is 5.79. The van der Waals surface area contributed by atoms with Crippen molar-refractivity contribution in [2.24, 2.45) is 11.7 Å². The number of hydrogen-bond acceptors (Lipinski definition) is 3. The highest BCUT2D eigenvalue weighted by Gasteiger charge is 2.32. The molecule has 0 spiro atoms. The van der Waals surface area contributed by atoms with Crippen LogP contribution in [0.5, 0.6) is 0 Å². The van der Waals surface area contributed by atoms with Gasteiger partial charge in [-0.15, -0.1) is 0 Å². The molecule has 0 bridgehead atoms. The molecule has 2 N–H and O–H groups in total. The van der Waals surface area contributed by atoms with Crippen LogP contribution < -0.4 is 10.6 Å². The van der Waals surface area contributed by atoms with Gasteiger partial charge in [-0.1, -0.05) is 12.1 Å². The molecule has 0 aliphatic carbocycles. The third-order valence-corrected chi connectivity index (χ3v) is 4.70. The predicted molar refractivity (Wildman–Crippen MR) is 80.5 cm³/mol. The molecule has 0 radical (unpaired) electrons. The van der Waals surface area contributed by atoms with Gasteiger partial charge in [0.15, 0.2) is 0 Å². The maximum Gasteiger partial charge on any atom is 0.0369 e. The number of benzene rings is 1.